The van der Waals surface area contributed by atoms with E-state index in [4.69, 9.17) is 0 Å². The van der Waals surface area contributed by atoms with E-state index < -0.39 is 11.7 Å². The molecule has 1 aromatic heterocycles. The largest absolute Gasteiger partial charge is 0.416 e. The normalized spacial score (nSPS) is 11.3. The second-order valence-corrected chi connectivity index (χ2v) is 5.22. The average molecular weight is 347 g/mol. The van der Waals surface area contributed by atoms with Crippen LogP contribution in [0.5, 0.6) is 0 Å². The number of hydrogen-bond acceptors (Lipinski definition) is 4. The molecule has 0 aliphatic rings. The van der Waals surface area contributed by atoms with Gasteiger partial charge in [0.05, 0.1) is 17.7 Å². The van der Waals surface area contributed by atoms with Gasteiger partial charge in [0, 0.05) is 5.69 Å². The van der Waals surface area contributed by atoms with Crippen molar-refractivity contribution in [2.24, 2.45) is 0 Å². The number of hydrogen-bond donors (Lipinski definition) is 1. The first-order valence-electron chi connectivity index (χ1n) is 7.21. The van der Waals surface area contributed by atoms with Crippen molar-refractivity contribution in [1.29, 1.82) is 0 Å². The van der Waals surface area contributed by atoms with Crippen LogP contribution in [0.25, 0.3) is 5.69 Å². The number of aromatic nitrogens is 4. The van der Waals surface area contributed by atoms with Crippen LogP contribution in [0.4, 0.5) is 18.9 Å². The number of halogens is 3. The Balaban J connectivity index is 1.61. The lowest BCUT2D eigenvalue weighted by Crippen LogP contribution is -2.14. The smallest absolute Gasteiger partial charge is 0.326 e. The van der Waals surface area contributed by atoms with Crippen molar-refractivity contribution in [3.05, 3.63) is 66.0 Å². The van der Waals surface area contributed by atoms with Crippen LogP contribution in [-0.2, 0) is 17.4 Å². The highest BCUT2D eigenvalue weighted by Crippen LogP contribution is 2.29. The Morgan fingerprint density at radius 1 is 1.04 bits per heavy atom. The van der Waals surface area contributed by atoms with E-state index in [0.29, 0.717) is 5.69 Å². The molecule has 0 bridgehead atoms. The van der Waals surface area contributed by atoms with Crippen LogP contribution in [0.1, 0.15) is 11.1 Å². The monoisotopic (exact) mass is 347 g/mol. The third-order valence-corrected chi connectivity index (χ3v) is 3.41. The van der Waals surface area contributed by atoms with Gasteiger partial charge in [-0.1, -0.05) is 12.1 Å². The van der Waals surface area contributed by atoms with Gasteiger partial charge in [0.1, 0.15) is 6.33 Å². The summed E-state index contributed by atoms with van der Waals surface area (Å²) in [6, 6.07) is 11.3. The third-order valence-electron chi connectivity index (χ3n) is 3.41. The molecular formula is C16H12F3N5O. The maximum atomic E-state index is 12.5. The number of tetrazole rings is 1. The van der Waals surface area contributed by atoms with E-state index in [0.717, 1.165) is 23.4 Å². The molecule has 6 nitrogen and oxygen atoms in total. The van der Waals surface area contributed by atoms with Crippen LogP contribution in [-0.4, -0.2) is 26.1 Å². The molecule has 2 aromatic carbocycles. The van der Waals surface area contributed by atoms with Gasteiger partial charge in [0.15, 0.2) is 0 Å². The lowest BCUT2D eigenvalue weighted by molar-refractivity contribution is -0.137. The fraction of sp³-hybridized carbons (Fsp3) is 0.125. The van der Waals surface area contributed by atoms with Crippen LogP contribution in [0.2, 0.25) is 0 Å². The minimum Gasteiger partial charge on any atom is -0.326 e. The molecular weight excluding hydrogens is 335 g/mol. The molecule has 0 radical (unpaired) electrons. The molecule has 128 valence electrons. The molecule has 3 rings (SSSR count). The fourth-order valence-corrected chi connectivity index (χ4v) is 2.18. The van der Waals surface area contributed by atoms with Crippen molar-refractivity contribution < 1.29 is 18.0 Å². The zero-order chi connectivity index (χ0) is 17.9. The van der Waals surface area contributed by atoms with Crippen LogP contribution in [0, 0.1) is 0 Å². The summed E-state index contributed by atoms with van der Waals surface area (Å²) in [5.41, 5.74) is 1.05. The number of benzene rings is 2. The number of anilines is 1. The minimum atomic E-state index is -4.40. The number of rotatable bonds is 4. The van der Waals surface area contributed by atoms with E-state index in [-0.39, 0.29) is 12.3 Å². The fourth-order valence-electron chi connectivity index (χ4n) is 2.18. The molecule has 1 N–H and O–H groups in total. The van der Waals surface area contributed by atoms with Gasteiger partial charge in [0.25, 0.3) is 0 Å². The maximum Gasteiger partial charge on any atom is 0.416 e. The van der Waals surface area contributed by atoms with Crippen molar-refractivity contribution in [2.45, 2.75) is 12.6 Å². The first-order chi connectivity index (χ1) is 11.9. The van der Waals surface area contributed by atoms with E-state index in [9.17, 15) is 18.0 Å². The van der Waals surface area contributed by atoms with Crippen molar-refractivity contribution in [3.8, 4) is 5.69 Å². The van der Waals surface area contributed by atoms with Crippen molar-refractivity contribution >= 4 is 11.6 Å². The Hall–Kier alpha value is -3.23. The predicted octanol–water partition coefficient (Wildman–Crippen LogP) is 2.86. The molecule has 9 heteroatoms. The summed E-state index contributed by atoms with van der Waals surface area (Å²) in [4.78, 5) is 12.0. The molecule has 25 heavy (non-hydrogen) atoms. The topological polar surface area (TPSA) is 72.7 Å². The molecule has 0 saturated carbocycles. The molecule has 3 aromatic rings. The Labute approximate surface area is 140 Å². The van der Waals surface area contributed by atoms with Gasteiger partial charge in [-0.2, -0.15) is 13.2 Å². The first kappa shape index (κ1) is 16.6. The van der Waals surface area contributed by atoms with E-state index in [1.54, 1.807) is 24.3 Å². The summed E-state index contributed by atoms with van der Waals surface area (Å²) in [7, 11) is 0. The number of nitrogens with one attached hydrogen (secondary N) is 1. The van der Waals surface area contributed by atoms with Gasteiger partial charge in [0.2, 0.25) is 5.91 Å². The van der Waals surface area contributed by atoms with Crippen LogP contribution < -0.4 is 5.32 Å². The molecule has 0 fully saturated rings. The van der Waals surface area contributed by atoms with Crippen molar-refractivity contribution in [2.75, 3.05) is 5.32 Å². The number of nitrogens with zero attached hydrogens (tertiary/aromatic N) is 4. The second-order valence-electron chi connectivity index (χ2n) is 5.22. The number of carbonyl (C=O) groups excluding carboxylic acids is 1. The van der Waals surface area contributed by atoms with E-state index in [2.05, 4.69) is 20.8 Å². The summed E-state index contributed by atoms with van der Waals surface area (Å²) in [6.45, 7) is 0. The lowest BCUT2D eigenvalue weighted by Gasteiger charge is -2.09. The van der Waals surface area contributed by atoms with Gasteiger partial charge in [-0.3, -0.25) is 4.79 Å². The summed E-state index contributed by atoms with van der Waals surface area (Å²) in [5.74, 6) is -0.324. The molecule has 0 spiro atoms. The number of alkyl halides is 3. The van der Waals surface area contributed by atoms with E-state index in [1.165, 1.54) is 23.1 Å². The summed E-state index contributed by atoms with van der Waals surface area (Å²) in [6.07, 6.45) is -2.85. The molecule has 0 aliphatic carbocycles. The number of amides is 1. The average Bonchev–Trinajstić information content (AvgIpc) is 3.09. The molecule has 1 amide bonds. The highest BCUT2D eigenvalue weighted by molar-refractivity contribution is 5.92. The highest BCUT2D eigenvalue weighted by atomic mass is 19.4. The molecule has 0 unspecified atom stereocenters. The summed E-state index contributed by atoms with van der Waals surface area (Å²) in [5, 5.41) is 13.4. The Bertz CT molecular complexity index is 843. The summed E-state index contributed by atoms with van der Waals surface area (Å²) >= 11 is 0. The Morgan fingerprint density at radius 3 is 2.28 bits per heavy atom. The van der Waals surface area contributed by atoms with Gasteiger partial charge >= 0.3 is 6.18 Å². The van der Waals surface area contributed by atoms with Gasteiger partial charge in [-0.15, -0.1) is 5.10 Å². The van der Waals surface area contributed by atoms with Gasteiger partial charge in [-0.25, -0.2) is 4.68 Å². The van der Waals surface area contributed by atoms with Crippen LogP contribution >= 0.6 is 0 Å². The SMILES string of the molecule is O=C(Cc1ccc(-n2cnnn2)cc1)Nc1ccc(C(F)(F)F)cc1. The first-order valence-corrected chi connectivity index (χ1v) is 7.21. The number of carbonyl (C=O) groups is 1. The van der Waals surface area contributed by atoms with E-state index in [1.807, 2.05) is 0 Å². The third kappa shape index (κ3) is 4.19. The Morgan fingerprint density at radius 2 is 1.72 bits per heavy atom. The van der Waals surface area contributed by atoms with Crippen LogP contribution in [0.15, 0.2) is 54.9 Å². The quantitative estimate of drug-likeness (QED) is 0.788. The minimum absolute atomic E-state index is 0.0942. The second kappa shape index (κ2) is 6.71. The van der Waals surface area contributed by atoms with Crippen molar-refractivity contribution in [1.82, 2.24) is 20.2 Å². The standard InChI is InChI=1S/C16H12F3N5O/c17-16(18,19)12-3-5-13(6-4-12)21-15(25)9-11-1-7-14(8-2-11)24-10-20-22-23-24/h1-8,10H,9H2,(H,21,25). The highest BCUT2D eigenvalue weighted by Gasteiger charge is 2.29. The van der Waals surface area contributed by atoms with Crippen molar-refractivity contribution in [3.63, 3.8) is 0 Å². The Kier molecular flexibility index (Phi) is 4.46. The van der Waals surface area contributed by atoms with Gasteiger partial charge in [-0.05, 0) is 52.4 Å². The molecule has 1 heterocycles. The molecule has 0 atom stereocenters. The predicted molar refractivity (Wildman–Crippen MR) is 82.9 cm³/mol. The van der Waals surface area contributed by atoms with Gasteiger partial charge < -0.3 is 5.32 Å². The summed E-state index contributed by atoms with van der Waals surface area (Å²) < 4.78 is 39.0. The zero-order valence-corrected chi connectivity index (χ0v) is 12.7. The lowest BCUT2D eigenvalue weighted by atomic mass is 10.1. The molecule has 0 aliphatic heterocycles. The van der Waals surface area contributed by atoms with Crippen LogP contribution in [0.3, 0.4) is 0 Å². The maximum absolute atomic E-state index is 12.5. The zero-order valence-electron chi connectivity index (χ0n) is 12.7. The van der Waals surface area contributed by atoms with E-state index >= 15 is 0 Å². The molecule has 0 saturated heterocycles.